The molecular formula is C22H26Cl3N3O5S. The number of nitrogens with zero attached hydrogens (tertiary/aromatic N) is 2. The van der Waals surface area contributed by atoms with Gasteiger partial charge < -0.3 is 15.0 Å². The molecule has 0 aliphatic rings. The van der Waals surface area contributed by atoms with Gasteiger partial charge in [-0.2, -0.15) is 0 Å². The molecule has 12 heteroatoms. The van der Waals surface area contributed by atoms with Gasteiger partial charge in [0.2, 0.25) is 21.8 Å². The van der Waals surface area contributed by atoms with E-state index < -0.39 is 34.4 Å². The number of carbonyl (C=O) groups excluding carboxylic acids is 2. The zero-order chi connectivity index (χ0) is 25.6. The SMILES string of the molecule is CCNC(=O)C(C)N(Cc1c(Cl)cccc1Cl)C(=O)CN(c1cc(Cl)ccc1OC)S(C)(=O)=O. The van der Waals surface area contributed by atoms with Crippen molar-refractivity contribution in [2.75, 3.05) is 30.8 Å². The minimum absolute atomic E-state index is 0.0900. The van der Waals surface area contributed by atoms with Gasteiger partial charge in [-0.05, 0) is 44.2 Å². The maximum Gasteiger partial charge on any atom is 0.244 e. The van der Waals surface area contributed by atoms with Crippen molar-refractivity contribution in [1.82, 2.24) is 10.2 Å². The first-order valence-electron chi connectivity index (χ1n) is 10.2. The molecule has 1 atom stereocenters. The average Bonchev–Trinajstić information content (AvgIpc) is 2.76. The molecule has 2 rings (SSSR count). The standard InChI is InChI=1S/C22H26Cl3N3O5S/c1-5-26-22(30)14(2)27(12-16-17(24)7-6-8-18(16)25)21(29)13-28(34(4,31)32)19-11-15(23)9-10-20(19)33-3/h6-11,14H,5,12-13H2,1-4H3,(H,26,30). The Hall–Kier alpha value is -2.20. The Balaban J connectivity index is 2.52. The van der Waals surface area contributed by atoms with Gasteiger partial charge in [0.25, 0.3) is 0 Å². The van der Waals surface area contributed by atoms with Gasteiger partial charge in [-0.3, -0.25) is 13.9 Å². The number of carbonyl (C=O) groups is 2. The fourth-order valence-corrected chi connectivity index (χ4v) is 4.74. The monoisotopic (exact) mass is 549 g/mol. The first kappa shape index (κ1) is 28.0. The van der Waals surface area contributed by atoms with Crippen LogP contribution in [-0.4, -0.2) is 57.6 Å². The van der Waals surface area contributed by atoms with Crippen molar-refractivity contribution in [3.8, 4) is 5.75 Å². The molecule has 2 aromatic carbocycles. The first-order valence-corrected chi connectivity index (χ1v) is 13.2. The highest BCUT2D eigenvalue weighted by Gasteiger charge is 2.31. The molecule has 34 heavy (non-hydrogen) atoms. The number of anilines is 1. The normalized spacial score (nSPS) is 12.1. The van der Waals surface area contributed by atoms with Gasteiger partial charge in [-0.1, -0.05) is 40.9 Å². The number of methoxy groups -OCH3 is 1. The molecule has 0 spiro atoms. The third-order valence-electron chi connectivity index (χ3n) is 5.00. The first-order chi connectivity index (χ1) is 15.9. The van der Waals surface area contributed by atoms with Crippen LogP contribution in [0.15, 0.2) is 36.4 Å². The molecule has 0 bridgehead atoms. The van der Waals surface area contributed by atoms with Gasteiger partial charge in [-0.25, -0.2) is 8.42 Å². The van der Waals surface area contributed by atoms with Crippen LogP contribution in [0.1, 0.15) is 19.4 Å². The zero-order valence-corrected chi connectivity index (χ0v) is 22.2. The second kappa shape index (κ2) is 12.0. The van der Waals surface area contributed by atoms with Crippen molar-refractivity contribution >= 4 is 62.3 Å². The summed E-state index contributed by atoms with van der Waals surface area (Å²) >= 11 is 18.7. The minimum Gasteiger partial charge on any atom is -0.495 e. The lowest BCUT2D eigenvalue weighted by Gasteiger charge is -2.32. The molecule has 0 fully saturated rings. The van der Waals surface area contributed by atoms with E-state index in [0.29, 0.717) is 22.2 Å². The zero-order valence-electron chi connectivity index (χ0n) is 19.1. The second-order valence-corrected chi connectivity index (χ2v) is 10.5. The molecule has 1 unspecified atom stereocenters. The van der Waals surface area contributed by atoms with E-state index in [0.717, 1.165) is 10.6 Å². The fraction of sp³-hybridized carbons (Fsp3) is 0.364. The molecular weight excluding hydrogens is 525 g/mol. The summed E-state index contributed by atoms with van der Waals surface area (Å²) in [6, 6.07) is 8.36. The van der Waals surface area contributed by atoms with E-state index in [2.05, 4.69) is 5.32 Å². The summed E-state index contributed by atoms with van der Waals surface area (Å²) in [4.78, 5) is 27.4. The van der Waals surface area contributed by atoms with Gasteiger partial charge >= 0.3 is 0 Å². The summed E-state index contributed by atoms with van der Waals surface area (Å²) < 4.78 is 31.5. The Morgan fingerprint density at radius 3 is 2.26 bits per heavy atom. The van der Waals surface area contributed by atoms with E-state index in [4.69, 9.17) is 39.5 Å². The fourth-order valence-electron chi connectivity index (χ4n) is 3.21. The highest BCUT2D eigenvalue weighted by molar-refractivity contribution is 7.92. The molecule has 0 aliphatic heterocycles. The van der Waals surface area contributed by atoms with Crippen LogP contribution in [0.4, 0.5) is 5.69 Å². The molecule has 0 saturated carbocycles. The molecule has 0 heterocycles. The molecule has 186 valence electrons. The molecule has 1 N–H and O–H groups in total. The molecule has 0 aromatic heterocycles. The van der Waals surface area contributed by atoms with Crippen LogP contribution in [0.3, 0.4) is 0 Å². The highest BCUT2D eigenvalue weighted by Crippen LogP contribution is 2.33. The van der Waals surface area contributed by atoms with E-state index in [1.165, 1.54) is 30.2 Å². The van der Waals surface area contributed by atoms with Gasteiger partial charge in [0.15, 0.2) is 0 Å². The third-order valence-corrected chi connectivity index (χ3v) is 7.07. The summed E-state index contributed by atoms with van der Waals surface area (Å²) in [7, 11) is -2.57. The van der Waals surface area contributed by atoms with Gasteiger partial charge in [0.05, 0.1) is 19.1 Å². The van der Waals surface area contributed by atoms with Crippen molar-refractivity contribution in [2.24, 2.45) is 0 Å². The molecule has 0 saturated heterocycles. The van der Waals surface area contributed by atoms with E-state index in [1.54, 1.807) is 32.0 Å². The van der Waals surface area contributed by atoms with Crippen LogP contribution in [0.2, 0.25) is 15.1 Å². The Morgan fingerprint density at radius 2 is 1.74 bits per heavy atom. The molecule has 2 aromatic rings. The van der Waals surface area contributed by atoms with E-state index in [9.17, 15) is 18.0 Å². The van der Waals surface area contributed by atoms with E-state index in [1.807, 2.05) is 0 Å². The number of halogens is 3. The predicted octanol–water partition coefficient (Wildman–Crippen LogP) is 3.97. The number of likely N-dealkylation sites (N-methyl/N-ethyl adjacent to an activating group) is 1. The van der Waals surface area contributed by atoms with Crippen molar-refractivity contribution in [3.63, 3.8) is 0 Å². The van der Waals surface area contributed by atoms with Crippen LogP contribution in [0.5, 0.6) is 5.75 Å². The quantitative estimate of drug-likeness (QED) is 0.483. The van der Waals surface area contributed by atoms with Gasteiger partial charge in [0.1, 0.15) is 18.3 Å². The smallest absolute Gasteiger partial charge is 0.244 e. The summed E-state index contributed by atoms with van der Waals surface area (Å²) in [5.74, 6) is -0.854. The maximum atomic E-state index is 13.5. The lowest BCUT2D eigenvalue weighted by molar-refractivity contribution is -0.139. The molecule has 8 nitrogen and oxygen atoms in total. The summed E-state index contributed by atoms with van der Waals surface area (Å²) in [5, 5.41) is 3.55. The third kappa shape index (κ3) is 6.91. The number of rotatable bonds is 10. The van der Waals surface area contributed by atoms with Crippen molar-refractivity contribution in [3.05, 3.63) is 57.0 Å². The van der Waals surface area contributed by atoms with Gasteiger partial charge in [-0.15, -0.1) is 0 Å². The Morgan fingerprint density at radius 1 is 1.12 bits per heavy atom. The average molecular weight is 551 g/mol. The summed E-state index contributed by atoms with van der Waals surface area (Å²) in [5.41, 5.74) is 0.522. The van der Waals surface area contributed by atoms with Crippen molar-refractivity contribution in [2.45, 2.75) is 26.4 Å². The van der Waals surface area contributed by atoms with E-state index in [-0.39, 0.29) is 23.0 Å². The molecule has 0 radical (unpaired) electrons. The maximum absolute atomic E-state index is 13.5. The number of hydrogen-bond donors (Lipinski definition) is 1. The lowest BCUT2D eigenvalue weighted by atomic mass is 10.1. The second-order valence-electron chi connectivity index (χ2n) is 7.38. The Labute approximate surface area is 214 Å². The van der Waals surface area contributed by atoms with Crippen LogP contribution in [0.25, 0.3) is 0 Å². The number of hydrogen-bond acceptors (Lipinski definition) is 5. The highest BCUT2D eigenvalue weighted by atomic mass is 35.5. The number of nitrogens with one attached hydrogen (secondary N) is 1. The van der Waals surface area contributed by atoms with Crippen molar-refractivity contribution in [1.29, 1.82) is 0 Å². The Bertz CT molecular complexity index is 1140. The van der Waals surface area contributed by atoms with Crippen LogP contribution < -0.4 is 14.4 Å². The van der Waals surface area contributed by atoms with Gasteiger partial charge in [0, 0.05) is 33.7 Å². The predicted molar refractivity (Wildman–Crippen MR) is 135 cm³/mol. The molecule has 0 aliphatic carbocycles. The van der Waals surface area contributed by atoms with Crippen molar-refractivity contribution < 1.29 is 22.7 Å². The number of benzene rings is 2. The largest absolute Gasteiger partial charge is 0.495 e. The number of ether oxygens (including phenoxy) is 1. The molecule has 2 amide bonds. The minimum atomic E-state index is -3.95. The lowest BCUT2D eigenvalue weighted by Crippen LogP contribution is -2.51. The number of sulfonamides is 1. The summed E-state index contributed by atoms with van der Waals surface area (Å²) in [6.45, 7) is 2.92. The Kier molecular flexibility index (Phi) is 9.87. The van der Waals surface area contributed by atoms with Crippen LogP contribution >= 0.6 is 34.8 Å². The van der Waals surface area contributed by atoms with Crippen LogP contribution in [0, 0.1) is 0 Å². The number of amides is 2. The topological polar surface area (TPSA) is 96.0 Å². The summed E-state index contributed by atoms with van der Waals surface area (Å²) in [6.07, 6.45) is 0.961. The van der Waals surface area contributed by atoms with Crippen LogP contribution in [-0.2, 0) is 26.2 Å². The van der Waals surface area contributed by atoms with E-state index >= 15 is 0 Å².